The van der Waals surface area contributed by atoms with Gasteiger partial charge in [-0.05, 0) is 35.7 Å². The maximum atomic E-state index is 12.0. The van der Waals surface area contributed by atoms with Gasteiger partial charge in [-0.25, -0.2) is 0 Å². The Bertz CT molecular complexity index is 781. The van der Waals surface area contributed by atoms with Crippen LogP contribution in [-0.4, -0.2) is 20.3 Å². The molecule has 0 aliphatic rings. The van der Waals surface area contributed by atoms with Crippen LogP contribution < -0.4 is 10.9 Å². The van der Waals surface area contributed by atoms with E-state index in [1.54, 1.807) is 35.6 Å². The second kappa shape index (κ2) is 5.76. The minimum absolute atomic E-state index is 0.173. The Kier molecular flexibility index (Phi) is 3.65. The first-order valence-corrected chi connectivity index (χ1v) is 7.13. The first kappa shape index (κ1) is 13.3. The van der Waals surface area contributed by atoms with E-state index in [1.165, 1.54) is 0 Å². The van der Waals surface area contributed by atoms with E-state index in [0.717, 1.165) is 4.88 Å². The Hall–Kier alpha value is -2.67. The van der Waals surface area contributed by atoms with E-state index in [2.05, 4.69) is 20.5 Å². The van der Waals surface area contributed by atoms with Crippen molar-refractivity contribution in [3.05, 3.63) is 62.7 Å². The number of thiophene rings is 1. The van der Waals surface area contributed by atoms with Gasteiger partial charge in [0.15, 0.2) is 0 Å². The van der Waals surface area contributed by atoms with E-state index in [1.807, 2.05) is 17.5 Å². The van der Waals surface area contributed by atoms with Crippen LogP contribution >= 0.6 is 11.3 Å². The molecule has 0 unspecified atom stereocenters. The van der Waals surface area contributed by atoms with Crippen molar-refractivity contribution < 1.29 is 5.11 Å². The zero-order valence-electron chi connectivity index (χ0n) is 10.9. The van der Waals surface area contributed by atoms with Crippen LogP contribution in [0.1, 0.15) is 10.6 Å². The lowest BCUT2D eigenvalue weighted by atomic mass is 10.3. The van der Waals surface area contributed by atoms with Gasteiger partial charge >= 0.3 is 0 Å². The number of H-pyrrole nitrogens is 1. The molecule has 0 radical (unpaired) electrons. The number of anilines is 2. The predicted molar refractivity (Wildman–Crippen MR) is 81.2 cm³/mol. The van der Waals surface area contributed by atoms with Gasteiger partial charge in [0.1, 0.15) is 11.4 Å². The largest absolute Gasteiger partial charge is 0.508 e. The molecule has 0 saturated carbocycles. The molecule has 1 aromatic carbocycles. The number of hydrogen-bond acceptors (Lipinski definition) is 6. The molecule has 3 rings (SSSR count). The van der Waals surface area contributed by atoms with Crippen LogP contribution in [0.5, 0.6) is 5.75 Å². The Labute approximate surface area is 124 Å². The van der Waals surface area contributed by atoms with Gasteiger partial charge in [-0.15, -0.1) is 21.5 Å². The molecule has 0 spiro atoms. The lowest BCUT2D eigenvalue weighted by Gasteiger charge is -2.05. The molecule has 106 valence electrons. The molecule has 3 aromatic rings. The molecular weight excluding hydrogens is 288 g/mol. The standard InChI is InChI=1S/C14H12N4O2S/c19-10-5-3-9(4-6-10)15-14-16-13(20)12(17-18-14)8-11-2-1-7-21-11/h1-7,19H,8H2,(H2,15,16,18,20). The average Bonchev–Trinajstić information content (AvgIpc) is 2.97. The lowest BCUT2D eigenvalue weighted by molar-refractivity contribution is 0.475. The third kappa shape index (κ3) is 3.26. The predicted octanol–water partition coefficient (Wildman–Crippen LogP) is 2.27. The molecule has 7 heteroatoms. The molecule has 3 N–H and O–H groups in total. The SMILES string of the molecule is O=c1[nH]c(Nc2ccc(O)cc2)nnc1Cc1cccs1. The van der Waals surface area contributed by atoms with E-state index in [4.69, 9.17) is 0 Å². The summed E-state index contributed by atoms with van der Waals surface area (Å²) in [6, 6.07) is 10.3. The molecule has 2 aromatic heterocycles. The van der Waals surface area contributed by atoms with Crippen molar-refractivity contribution in [2.75, 3.05) is 5.32 Å². The van der Waals surface area contributed by atoms with Gasteiger partial charge in [-0.1, -0.05) is 6.07 Å². The lowest BCUT2D eigenvalue weighted by Crippen LogP contribution is -2.18. The van der Waals surface area contributed by atoms with Crippen molar-refractivity contribution in [3.8, 4) is 5.75 Å². The third-order valence-electron chi connectivity index (χ3n) is 2.82. The summed E-state index contributed by atoms with van der Waals surface area (Å²) in [4.78, 5) is 15.7. The highest BCUT2D eigenvalue weighted by molar-refractivity contribution is 7.09. The Balaban J connectivity index is 1.77. The van der Waals surface area contributed by atoms with Crippen LogP contribution in [0.3, 0.4) is 0 Å². The topological polar surface area (TPSA) is 90.9 Å². The summed E-state index contributed by atoms with van der Waals surface area (Å²) in [5.74, 6) is 0.437. The quantitative estimate of drug-likeness (QED) is 0.643. The minimum Gasteiger partial charge on any atom is -0.508 e. The summed E-state index contributed by atoms with van der Waals surface area (Å²) in [7, 11) is 0. The van der Waals surface area contributed by atoms with Crippen molar-refractivity contribution >= 4 is 23.0 Å². The second-order valence-electron chi connectivity index (χ2n) is 4.38. The number of nitrogens with zero attached hydrogens (tertiary/aromatic N) is 2. The van der Waals surface area contributed by atoms with Gasteiger partial charge in [0.2, 0.25) is 5.95 Å². The first-order valence-electron chi connectivity index (χ1n) is 6.25. The molecule has 6 nitrogen and oxygen atoms in total. The fourth-order valence-corrected chi connectivity index (χ4v) is 2.50. The molecule has 0 aliphatic carbocycles. The fraction of sp³-hybridized carbons (Fsp3) is 0.0714. The maximum absolute atomic E-state index is 12.0. The number of benzene rings is 1. The summed E-state index contributed by atoms with van der Waals surface area (Å²) in [6.07, 6.45) is 0.472. The van der Waals surface area contributed by atoms with Crippen LogP contribution in [0.15, 0.2) is 46.6 Å². The zero-order valence-corrected chi connectivity index (χ0v) is 11.7. The molecule has 0 atom stereocenters. The fourth-order valence-electron chi connectivity index (χ4n) is 1.79. The minimum atomic E-state index is -0.264. The van der Waals surface area contributed by atoms with Gasteiger partial charge in [0.25, 0.3) is 5.56 Å². The van der Waals surface area contributed by atoms with Gasteiger partial charge in [0.05, 0.1) is 0 Å². The smallest absolute Gasteiger partial charge is 0.274 e. The summed E-state index contributed by atoms with van der Waals surface area (Å²) in [5.41, 5.74) is 0.817. The summed E-state index contributed by atoms with van der Waals surface area (Å²) in [5, 5.41) is 22.0. The summed E-state index contributed by atoms with van der Waals surface area (Å²) >= 11 is 1.57. The molecule has 0 bridgehead atoms. The molecule has 0 amide bonds. The number of hydrogen-bond donors (Lipinski definition) is 3. The summed E-state index contributed by atoms with van der Waals surface area (Å²) in [6.45, 7) is 0. The number of aromatic hydroxyl groups is 1. The van der Waals surface area contributed by atoms with E-state index in [0.29, 0.717) is 17.8 Å². The molecule has 0 fully saturated rings. The van der Waals surface area contributed by atoms with Gasteiger partial charge in [-0.3, -0.25) is 9.78 Å². The van der Waals surface area contributed by atoms with Gasteiger partial charge in [0, 0.05) is 17.0 Å². The number of rotatable bonds is 4. The second-order valence-corrected chi connectivity index (χ2v) is 5.41. The average molecular weight is 300 g/mol. The number of aromatic nitrogens is 3. The zero-order chi connectivity index (χ0) is 14.7. The van der Waals surface area contributed by atoms with E-state index in [9.17, 15) is 9.90 Å². The number of aromatic amines is 1. The Morgan fingerprint density at radius 3 is 2.67 bits per heavy atom. The monoisotopic (exact) mass is 300 g/mol. The number of nitrogens with one attached hydrogen (secondary N) is 2. The van der Waals surface area contributed by atoms with Crippen LogP contribution in [0.4, 0.5) is 11.6 Å². The molecular formula is C14H12N4O2S. The number of phenols is 1. The molecule has 2 heterocycles. The molecule has 21 heavy (non-hydrogen) atoms. The third-order valence-corrected chi connectivity index (χ3v) is 3.69. The highest BCUT2D eigenvalue weighted by Crippen LogP contribution is 2.16. The summed E-state index contributed by atoms with van der Waals surface area (Å²) < 4.78 is 0. The van der Waals surface area contributed by atoms with Gasteiger partial charge in [-0.2, -0.15) is 0 Å². The maximum Gasteiger partial charge on any atom is 0.274 e. The van der Waals surface area contributed by atoms with Gasteiger partial charge < -0.3 is 10.4 Å². The van der Waals surface area contributed by atoms with Crippen molar-refractivity contribution in [2.45, 2.75) is 6.42 Å². The highest BCUT2D eigenvalue weighted by Gasteiger charge is 2.07. The van der Waals surface area contributed by atoms with Crippen molar-refractivity contribution in [1.82, 2.24) is 15.2 Å². The normalized spacial score (nSPS) is 10.5. The Morgan fingerprint density at radius 2 is 2.00 bits per heavy atom. The van der Waals surface area contributed by atoms with E-state index < -0.39 is 0 Å². The van der Waals surface area contributed by atoms with Crippen LogP contribution in [0.2, 0.25) is 0 Å². The van der Waals surface area contributed by atoms with Crippen molar-refractivity contribution in [3.63, 3.8) is 0 Å². The number of phenolic OH excluding ortho intramolecular Hbond substituents is 1. The van der Waals surface area contributed by atoms with Crippen LogP contribution in [0, 0.1) is 0 Å². The van der Waals surface area contributed by atoms with Crippen molar-refractivity contribution in [2.24, 2.45) is 0 Å². The Morgan fingerprint density at radius 1 is 1.19 bits per heavy atom. The highest BCUT2D eigenvalue weighted by atomic mass is 32.1. The van der Waals surface area contributed by atoms with Crippen molar-refractivity contribution in [1.29, 1.82) is 0 Å². The molecule has 0 aliphatic heterocycles. The van der Waals surface area contributed by atoms with Crippen LogP contribution in [0.25, 0.3) is 0 Å². The van der Waals surface area contributed by atoms with E-state index >= 15 is 0 Å². The van der Waals surface area contributed by atoms with E-state index in [-0.39, 0.29) is 17.3 Å². The van der Waals surface area contributed by atoms with Crippen LogP contribution in [-0.2, 0) is 6.42 Å². The first-order chi connectivity index (χ1) is 10.2. The molecule has 0 saturated heterocycles.